The number of carbonyl (C=O) groups is 2. The fourth-order valence-corrected chi connectivity index (χ4v) is 1.57. The number of rotatable bonds is 10. The third-order valence-corrected chi connectivity index (χ3v) is 2.90. The standard InChI is InChI=1S/C12H24N2O5/c1-7(15)10(17)12(19)9(14)11(18)8(16)5-3-2-4-6-13/h7,9-10,12,15,17,19H,2-6,13-14H2,1H3/t7-,9+,10+,12-/m1/s1. The normalized spacial score (nSPS) is 17.6. The Morgan fingerprint density at radius 1 is 1.05 bits per heavy atom. The summed E-state index contributed by atoms with van der Waals surface area (Å²) >= 11 is 0. The summed E-state index contributed by atoms with van der Waals surface area (Å²) in [5.74, 6) is -1.61. The molecule has 7 nitrogen and oxygen atoms in total. The highest BCUT2D eigenvalue weighted by molar-refractivity contribution is 6.39. The van der Waals surface area contributed by atoms with E-state index in [9.17, 15) is 19.8 Å². The van der Waals surface area contributed by atoms with Crippen molar-refractivity contribution in [2.45, 2.75) is 57.0 Å². The van der Waals surface area contributed by atoms with Crippen molar-refractivity contribution in [3.8, 4) is 0 Å². The molecule has 0 saturated carbocycles. The van der Waals surface area contributed by atoms with Crippen molar-refractivity contribution >= 4 is 11.6 Å². The van der Waals surface area contributed by atoms with E-state index in [1.54, 1.807) is 0 Å². The summed E-state index contributed by atoms with van der Waals surface area (Å²) in [5.41, 5.74) is 10.7. The number of hydrogen-bond donors (Lipinski definition) is 5. The van der Waals surface area contributed by atoms with Gasteiger partial charge in [-0.2, -0.15) is 0 Å². The van der Waals surface area contributed by atoms with Gasteiger partial charge in [-0.25, -0.2) is 0 Å². The van der Waals surface area contributed by atoms with Crippen LogP contribution in [-0.2, 0) is 9.59 Å². The molecule has 0 unspecified atom stereocenters. The van der Waals surface area contributed by atoms with Crippen molar-refractivity contribution in [1.29, 1.82) is 0 Å². The molecule has 0 aliphatic heterocycles. The van der Waals surface area contributed by atoms with Crippen LogP contribution in [0.2, 0.25) is 0 Å². The van der Waals surface area contributed by atoms with Crippen LogP contribution >= 0.6 is 0 Å². The summed E-state index contributed by atoms with van der Waals surface area (Å²) < 4.78 is 0. The molecular formula is C12H24N2O5. The molecular weight excluding hydrogens is 252 g/mol. The Hall–Kier alpha value is -0.860. The van der Waals surface area contributed by atoms with Gasteiger partial charge in [0, 0.05) is 6.42 Å². The smallest absolute Gasteiger partial charge is 0.217 e. The van der Waals surface area contributed by atoms with Gasteiger partial charge in [-0.05, 0) is 26.3 Å². The van der Waals surface area contributed by atoms with Crippen LogP contribution in [0.4, 0.5) is 0 Å². The highest BCUT2D eigenvalue weighted by Crippen LogP contribution is 2.07. The predicted molar refractivity (Wildman–Crippen MR) is 69.2 cm³/mol. The first-order chi connectivity index (χ1) is 8.82. The molecule has 0 spiro atoms. The molecule has 7 N–H and O–H groups in total. The van der Waals surface area contributed by atoms with Gasteiger partial charge in [0.2, 0.25) is 5.78 Å². The summed E-state index contributed by atoms with van der Waals surface area (Å²) in [5, 5.41) is 28.0. The van der Waals surface area contributed by atoms with E-state index in [1.165, 1.54) is 6.92 Å². The Morgan fingerprint density at radius 3 is 2.11 bits per heavy atom. The molecule has 0 saturated heterocycles. The Morgan fingerprint density at radius 2 is 1.63 bits per heavy atom. The first kappa shape index (κ1) is 18.1. The third kappa shape index (κ3) is 6.22. The molecule has 7 heteroatoms. The highest BCUT2D eigenvalue weighted by Gasteiger charge is 2.33. The van der Waals surface area contributed by atoms with Gasteiger partial charge in [0.15, 0.2) is 5.78 Å². The SMILES string of the molecule is C[C@@H](O)[C@H](O)[C@H](O)[C@@H](N)C(=O)C(=O)CCCCCN. The maximum atomic E-state index is 11.6. The molecule has 0 fully saturated rings. The molecule has 112 valence electrons. The number of Topliss-reactive ketones (excluding diaryl/α,β-unsaturated/α-hetero) is 2. The molecule has 0 aliphatic rings. The van der Waals surface area contributed by atoms with Gasteiger partial charge in [0.05, 0.1) is 6.10 Å². The number of nitrogens with two attached hydrogens (primary N) is 2. The van der Waals surface area contributed by atoms with Gasteiger partial charge < -0.3 is 26.8 Å². The van der Waals surface area contributed by atoms with E-state index in [-0.39, 0.29) is 6.42 Å². The maximum absolute atomic E-state index is 11.6. The van der Waals surface area contributed by atoms with Crippen molar-refractivity contribution in [1.82, 2.24) is 0 Å². The van der Waals surface area contributed by atoms with Crippen LogP contribution in [0.3, 0.4) is 0 Å². The number of aliphatic hydroxyl groups is 3. The maximum Gasteiger partial charge on any atom is 0.217 e. The predicted octanol–water partition coefficient (Wildman–Crippen LogP) is -1.93. The van der Waals surface area contributed by atoms with Crippen molar-refractivity contribution in [3.05, 3.63) is 0 Å². The summed E-state index contributed by atoms with van der Waals surface area (Å²) in [7, 11) is 0. The lowest BCUT2D eigenvalue weighted by molar-refractivity contribution is -0.141. The Kier molecular flexibility index (Phi) is 8.70. The van der Waals surface area contributed by atoms with Gasteiger partial charge >= 0.3 is 0 Å². The number of unbranched alkanes of at least 4 members (excludes halogenated alkanes) is 2. The Bertz CT molecular complexity index is 296. The fraction of sp³-hybridized carbons (Fsp3) is 0.833. The molecule has 0 aliphatic carbocycles. The van der Waals surface area contributed by atoms with Gasteiger partial charge in [0.25, 0.3) is 0 Å². The zero-order valence-electron chi connectivity index (χ0n) is 11.2. The van der Waals surface area contributed by atoms with Crippen LogP contribution in [0.5, 0.6) is 0 Å². The van der Waals surface area contributed by atoms with E-state index >= 15 is 0 Å². The van der Waals surface area contributed by atoms with E-state index in [2.05, 4.69) is 0 Å². The first-order valence-electron chi connectivity index (χ1n) is 6.39. The van der Waals surface area contributed by atoms with Gasteiger partial charge in [-0.15, -0.1) is 0 Å². The van der Waals surface area contributed by atoms with Gasteiger partial charge in [0.1, 0.15) is 18.2 Å². The second kappa shape index (κ2) is 9.11. The van der Waals surface area contributed by atoms with Crippen LogP contribution in [0, 0.1) is 0 Å². The zero-order chi connectivity index (χ0) is 15.0. The van der Waals surface area contributed by atoms with Crippen LogP contribution in [0.25, 0.3) is 0 Å². The minimum atomic E-state index is -1.67. The second-order valence-electron chi connectivity index (χ2n) is 4.63. The first-order valence-corrected chi connectivity index (χ1v) is 6.39. The van der Waals surface area contributed by atoms with Crippen LogP contribution in [-0.4, -0.2) is 57.8 Å². The van der Waals surface area contributed by atoms with E-state index in [0.29, 0.717) is 13.0 Å². The summed E-state index contributed by atoms with van der Waals surface area (Å²) in [6.45, 7) is 1.78. The number of carbonyl (C=O) groups excluding carboxylic acids is 2. The lowest BCUT2D eigenvalue weighted by atomic mass is 9.95. The Labute approximate surface area is 112 Å². The zero-order valence-corrected chi connectivity index (χ0v) is 11.2. The van der Waals surface area contributed by atoms with E-state index < -0.39 is 35.9 Å². The lowest BCUT2D eigenvalue weighted by Crippen LogP contribution is -2.53. The van der Waals surface area contributed by atoms with Gasteiger partial charge in [-0.3, -0.25) is 9.59 Å². The van der Waals surface area contributed by atoms with Crippen molar-refractivity contribution < 1.29 is 24.9 Å². The van der Waals surface area contributed by atoms with E-state index in [4.69, 9.17) is 16.6 Å². The molecule has 0 radical (unpaired) electrons. The number of aliphatic hydroxyl groups excluding tert-OH is 3. The molecule has 0 rings (SSSR count). The average Bonchev–Trinajstić information content (AvgIpc) is 2.39. The summed E-state index contributed by atoms with van der Waals surface area (Å²) in [6, 6.07) is -1.52. The quantitative estimate of drug-likeness (QED) is 0.231. The number of ketones is 2. The minimum Gasteiger partial charge on any atom is -0.391 e. The fourth-order valence-electron chi connectivity index (χ4n) is 1.57. The van der Waals surface area contributed by atoms with E-state index in [1.807, 2.05) is 0 Å². The number of hydrogen-bond acceptors (Lipinski definition) is 7. The summed E-state index contributed by atoms with van der Waals surface area (Å²) in [6.07, 6.45) is -2.38. The molecule has 0 amide bonds. The largest absolute Gasteiger partial charge is 0.391 e. The average molecular weight is 276 g/mol. The molecule has 0 aromatic heterocycles. The molecule has 0 aromatic rings. The Balaban J connectivity index is 4.27. The molecule has 0 bridgehead atoms. The second-order valence-corrected chi connectivity index (χ2v) is 4.63. The van der Waals surface area contributed by atoms with Crippen molar-refractivity contribution in [2.75, 3.05) is 6.54 Å². The highest BCUT2D eigenvalue weighted by atomic mass is 16.4. The van der Waals surface area contributed by atoms with Crippen LogP contribution in [0.1, 0.15) is 32.6 Å². The summed E-state index contributed by atoms with van der Waals surface area (Å²) in [4.78, 5) is 23.2. The monoisotopic (exact) mass is 276 g/mol. The third-order valence-electron chi connectivity index (χ3n) is 2.90. The minimum absolute atomic E-state index is 0.0457. The van der Waals surface area contributed by atoms with Crippen molar-refractivity contribution in [2.24, 2.45) is 11.5 Å². The van der Waals surface area contributed by atoms with E-state index in [0.717, 1.165) is 12.8 Å². The molecule has 19 heavy (non-hydrogen) atoms. The molecule has 0 heterocycles. The lowest BCUT2D eigenvalue weighted by Gasteiger charge is -2.24. The van der Waals surface area contributed by atoms with Crippen molar-refractivity contribution in [3.63, 3.8) is 0 Å². The van der Waals surface area contributed by atoms with Crippen LogP contribution in [0.15, 0.2) is 0 Å². The topological polar surface area (TPSA) is 147 Å². The van der Waals surface area contributed by atoms with Gasteiger partial charge in [-0.1, -0.05) is 6.42 Å². The van der Waals surface area contributed by atoms with Crippen LogP contribution < -0.4 is 11.5 Å². The molecule has 0 aromatic carbocycles. The molecule has 4 atom stereocenters.